The Morgan fingerprint density at radius 3 is 2.44 bits per heavy atom. The van der Waals surface area contributed by atoms with E-state index >= 15 is 0 Å². The quantitative estimate of drug-likeness (QED) is 0.0939. The molecule has 2 aromatic heterocycles. The molecule has 3 aromatic carbocycles. The molecule has 4 amide bonds. The highest BCUT2D eigenvalue weighted by Gasteiger charge is 2.42. The van der Waals surface area contributed by atoms with Gasteiger partial charge < -0.3 is 54.9 Å². The molecule has 6 N–H and O–H groups in total. The Balaban J connectivity index is 0.000000963. The van der Waals surface area contributed by atoms with Crippen LogP contribution in [0.4, 0.5) is 9.59 Å². The molecule has 5 aromatic rings. The molecule has 3 aliphatic rings. The van der Waals surface area contributed by atoms with E-state index in [2.05, 4.69) is 62.2 Å². The molecule has 0 saturated carbocycles. The summed E-state index contributed by atoms with van der Waals surface area (Å²) in [5.74, 6) is 2.50. The molecule has 2 unspecified atom stereocenters. The van der Waals surface area contributed by atoms with Crippen LogP contribution in [0.5, 0.6) is 5.75 Å². The van der Waals surface area contributed by atoms with Crippen LogP contribution in [-0.4, -0.2) is 113 Å². The number of imidazole rings is 2. The summed E-state index contributed by atoms with van der Waals surface area (Å²) in [5, 5.41) is 11.7. The van der Waals surface area contributed by atoms with Gasteiger partial charge in [0.1, 0.15) is 30.0 Å². The maximum absolute atomic E-state index is 13.9. The van der Waals surface area contributed by atoms with E-state index in [-0.39, 0.29) is 44.6 Å². The molecule has 0 spiro atoms. The number of likely N-dealkylation sites (tertiary alicyclic amines) is 2. The summed E-state index contributed by atoms with van der Waals surface area (Å²) in [6.45, 7) is 9.62. The molecule has 17 nitrogen and oxygen atoms in total. The number of fused-ring (bicyclic) bond motifs is 6. The summed E-state index contributed by atoms with van der Waals surface area (Å²) < 4.78 is 20.6. The van der Waals surface area contributed by atoms with Crippen LogP contribution in [0, 0.1) is 11.8 Å². The van der Waals surface area contributed by atoms with E-state index < -0.39 is 18.2 Å². The van der Waals surface area contributed by atoms with Crippen molar-refractivity contribution in [3.63, 3.8) is 0 Å². The molecule has 0 aliphatic carbocycles. The molecule has 2 fully saturated rings. The van der Waals surface area contributed by atoms with E-state index in [1.54, 1.807) is 7.11 Å². The highest BCUT2D eigenvalue weighted by Crippen LogP contribution is 2.44. The van der Waals surface area contributed by atoms with Gasteiger partial charge in [-0.05, 0) is 84.9 Å². The maximum Gasteiger partial charge on any atom is 0.407 e. The summed E-state index contributed by atoms with van der Waals surface area (Å²) in [4.78, 5) is 69.3. The predicted octanol–water partition coefficient (Wildman–Crippen LogP) is 7.25. The molecule has 5 heterocycles. The van der Waals surface area contributed by atoms with Crippen LogP contribution >= 0.6 is 0 Å². The van der Waals surface area contributed by atoms with Crippen LogP contribution in [-0.2, 0) is 30.4 Å². The number of hydrogen-bond acceptors (Lipinski definition) is 11. The number of nitrogens with zero attached hydrogens (tertiary/aromatic N) is 4. The van der Waals surface area contributed by atoms with Crippen molar-refractivity contribution >= 4 is 45.8 Å². The number of carbonyl (C=O) groups excluding carboxylic acids is 4. The number of primary amides is 1. The molecular weight excluding hydrogens is 809 g/mol. The number of nitrogens with one attached hydrogen (secondary N) is 3. The van der Waals surface area contributed by atoms with E-state index in [1.807, 2.05) is 49.8 Å². The number of amides is 4. The first-order chi connectivity index (χ1) is 30.3. The standard InChI is InChI=1S/C43H51N7O6.C2H5NO2.CH4O.2H2/c1-7-8-37(51)49-20-25(21-54-5)15-35(49)40-44-19-33(46-40)27-10-12-29-28(16-27)22-56-36-18-30-26(17-31(29)36)11-13-32-39(30)47-41(45-32)34-14-9-24(4)50(34)42(52)38(23(2)3)48-43(53)55-6;1-5-2(3)4;1-2;;/h10-13,16-19,23-25,34-35,38H,7-9,14-15,20-22H2,1-6H3,(H,44,46)(H,45,47)(H,48,53);1H3,(H2,3,4);2H,1H3;2*1H/t24?,25-,34-,35?,38-;;;;/m0..../s1. The fourth-order valence-electron chi connectivity index (χ4n) is 8.94. The number of benzene rings is 3. The maximum atomic E-state index is 13.9. The van der Waals surface area contributed by atoms with Crippen molar-refractivity contribution in [1.82, 2.24) is 35.1 Å². The van der Waals surface area contributed by atoms with Gasteiger partial charge in [-0.2, -0.15) is 0 Å². The fraction of sp³-hybridized carbons (Fsp3) is 0.478. The molecule has 2 saturated heterocycles. The Labute approximate surface area is 370 Å². The number of aliphatic hydroxyl groups is 1. The lowest BCUT2D eigenvalue weighted by Gasteiger charge is -2.32. The fourth-order valence-corrected chi connectivity index (χ4v) is 8.94. The average Bonchev–Trinajstić information content (AvgIpc) is 4.11. The van der Waals surface area contributed by atoms with Crippen molar-refractivity contribution < 1.29 is 46.1 Å². The third-order valence-corrected chi connectivity index (χ3v) is 12.0. The number of aromatic amines is 2. The largest absolute Gasteiger partial charge is 0.488 e. The van der Waals surface area contributed by atoms with Gasteiger partial charge in [0, 0.05) is 52.9 Å². The van der Waals surface area contributed by atoms with Crippen molar-refractivity contribution in [2.75, 3.05) is 41.6 Å². The Bertz CT molecular complexity index is 2440. The smallest absolute Gasteiger partial charge is 0.407 e. The van der Waals surface area contributed by atoms with Crippen molar-refractivity contribution in [2.24, 2.45) is 17.6 Å². The lowest BCUT2D eigenvalue weighted by Crippen LogP contribution is -2.52. The van der Waals surface area contributed by atoms with Gasteiger partial charge >= 0.3 is 12.2 Å². The van der Waals surface area contributed by atoms with E-state index in [0.29, 0.717) is 26.2 Å². The zero-order valence-corrected chi connectivity index (χ0v) is 37.3. The summed E-state index contributed by atoms with van der Waals surface area (Å²) in [7, 11) is 5.23. The summed E-state index contributed by atoms with van der Waals surface area (Å²) in [6, 6.07) is 13.7. The number of methoxy groups -OCH3 is 3. The molecule has 0 bridgehead atoms. The summed E-state index contributed by atoms with van der Waals surface area (Å²) >= 11 is 0. The van der Waals surface area contributed by atoms with Crippen molar-refractivity contribution in [3.05, 3.63) is 65.9 Å². The molecule has 3 aliphatic heterocycles. The highest BCUT2D eigenvalue weighted by atomic mass is 16.5. The minimum absolute atomic E-state index is 0. The number of carbonyl (C=O) groups is 4. The molecule has 8 rings (SSSR count). The number of nitrogens with two attached hydrogens (primary N) is 1. The second-order valence-electron chi connectivity index (χ2n) is 16.4. The molecule has 63 heavy (non-hydrogen) atoms. The minimum atomic E-state index is -0.745. The van der Waals surface area contributed by atoms with E-state index in [9.17, 15) is 19.2 Å². The second-order valence-corrected chi connectivity index (χ2v) is 16.4. The molecule has 342 valence electrons. The van der Waals surface area contributed by atoms with Gasteiger partial charge in [0.2, 0.25) is 11.8 Å². The monoisotopic (exact) mass is 872 g/mol. The third kappa shape index (κ3) is 9.74. The normalized spacial score (nSPS) is 19.3. The van der Waals surface area contributed by atoms with Crippen LogP contribution in [0.15, 0.2) is 48.7 Å². The summed E-state index contributed by atoms with van der Waals surface area (Å²) in [6.07, 6.45) is 4.24. The van der Waals surface area contributed by atoms with Crippen LogP contribution < -0.4 is 15.8 Å². The zero-order chi connectivity index (χ0) is 45.5. The van der Waals surface area contributed by atoms with Gasteiger partial charge in [-0.25, -0.2) is 19.6 Å². The molecule has 17 heteroatoms. The molecule has 5 atom stereocenters. The third-order valence-electron chi connectivity index (χ3n) is 12.0. The van der Waals surface area contributed by atoms with E-state index in [0.717, 1.165) is 99.9 Å². The highest BCUT2D eigenvalue weighted by molar-refractivity contribution is 6.07. The van der Waals surface area contributed by atoms with Gasteiger partial charge in [0.15, 0.2) is 0 Å². The van der Waals surface area contributed by atoms with Crippen LogP contribution in [0.25, 0.3) is 44.2 Å². The van der Waals surface area contributed by atoms with Gasteiger partial charge in [-0.3, -0.25) is 9.59 Å². The molecule has 0 radical (unpaired) electrons. The topological polar surface area (TPSA) is 227 Å². The summed E-state index contributed by atoms with van der Waals surface area (Å²) in [5.41, 5.74) is 11.3. The number of alkyl carbamates (subject to hydrolysis) is 1. The zero-order valence-electron chi connectivity index (χ0n) is 37.3. The first kappa shape index (κ1) is 46.3. The number of aromatic nitrogens is 4. The minimum Gasteiger partial charge on any atom is -0.488 e. The number of rotatable bonds is 10. The lowest BCUT2D eigenvalue weighted by atomic mass is 9.92. The number of ether oxygens (including phenoxy) is 4. The van der Waals surface area contributed by atoms with E-state index in [4.69, 9.17) is 29.3 Å². The SMILES string of the molecule is CCCC(=O)N1C[C@@H](COC)CC1c1ncc(-c2ccc3c(c2)COc2cc4c(ccc5[nH]c([C@@H]6CCC(C)N6C(=O)[C@@H](NC(=O)OC)C(C)C)nc54)cc2-3)[nH]1.CO.COC(N)=O.[HH].[HH]. The number of H-pyrrole nitrogens is 2. The predicted molar refractivity (Wildman–Crippen MR) is 242 cm³/mol. The Hall–Kier alpha value is -6.20. The lowest BCUT2D eigenvalue weighted by molar-refractivity contribution is -0.137. The first-order valence-corrected chi connectivity index (χ1v) is 21.4. The van der Waals surface area contributed by atoms with Crippen molar-refractivity contribution in [2.45, 2.75) is 90.6 Å². The van der Waals surface area contributed by atoms with Gasteiger partial charge in [-0.1, -0.05) is 39.0 Å². The van der Waals surface area contributed by atoms with Crippen molar-refractivity contribution in [3.8, 4) is 28.1 Å². The van der Waals surface area contributed by atoms with Gasteiger partial charge in [0.05, 0.1) is 55.8 Å². The van der Waals surface area contributed by atoms with Crippen LogP contribution in [0.2, 0.25) is 0 Å². The van der Waals surface area contributed by atoms with Gasteiger partial charge in [0.25, 0.3) is 0 Å². The Morgan fingerprint density at radius 1 is 1.00 bits per heavy atom. The second kappa shape index (κ2) is 20.3. The van der Waals surface area contributed by atoms with Crippen molar-refractivity contribution in [1.29, 1.82) is 0 Å². The molecular formula is C46H64N8O9. The first-order valence-electron chi connectivity index (χ1n) is 21.4. The van der Waals surface area contributed by atoms with E-state index in [1.165, 1.54) is 14.2 Å². The van der Waals surface area contributed by atoms with Crippen LogP contribution in [0.3, 0.4) is 0 Å². The Kier molecular flexibility index (Phi) is 14.9. The average molecular weight is 873 g/mol. The number of aliphatic hydroxyl groups excluding tert-OH is 1. The Morgan fingerprint density at radius 2 is 1.76 bits per heavy atom. The number of hydrogen-bond donors (Lipinski definition) is 5. The van der Waals surface area contributed by atoms with Gasteiger partial charge in [-0.15, -0.1) is 0 Å². The van der Waals surface area contributed by atoms with Crippen LogP contribution in [0.1, 0.15) is 91.9 Å².